The van der Waals surface area contributed by atoms with Crippen LogP contribution in [0.4, 0.5) is 14.9 Å². The van der Waals surface area contributed by atoms with Gasteiger partial charge in [0.15, 0.2) is 5.75 Å². The fourth-order valence-corrected chi connectivity index (χ4v) is 5.67. The van der Waals surface area contributed by atoms with E-state index in [9.17, 15) is 18.8 Å². The summed E-state index contributed by atoms with van der Waals surface area (Å²) in [6.07, 6.45) is -0.162. The number of ether oxygens (including phenoxy) is 2. The van der Waals surface area contributed by atoms with E-state index in [4.69, 9.17) is 21.1 Å². The molecular weight excluding hydrogens is 693 g/mol. The Morgan fingerprint density at radius 2 is 1.47 bits per heavy atom. The molecule has 0 aliphatic rings. The van der Waals surface area contributed by atoms with Crippen molar-refractivity contribution in [2.24, 2.45) is 0 Å². The minimum atomic E-state index is -0.594. The first kappa shape index (κ1) is 38.6. The first-order chi connectivity index (χ1) is 25.4. The largest absolute Gasteiger partial charge is 0.455 e. The van der Waals surface area contributed by atoms with Gasteiger partial charge in [-0.3, -0.25) is 9.59 Å². The molecule has 0 spiro atoms. The number of anilines is 1. The maximum absolute atomic E-state index is 14.1. The highest BCUT2D eigenvalue weighted by atomic mass is 35.5. The molecule has 0 radical (unpaired) electrons. The Morgan fingerprint density at radius 3 is 2.21 bits per heavy atom. The van der Waals surface area contributed by atoms with Crippen LogP contribution >= 0.6 is 11.6 Å². The van der Waals surface area contributed by atoms with Gasteiger partial charge in [0.05, 0.1) is 12.2 Å². The van der Waals surface area contributed by atoms with Gasteiger partial charge in [0.2, 0.25) is 11.8 Å². The fraction of sp³-hybridized carbons (Fsp3) is 0.233. The molecule has 10 heteroatoms. The molecular formula is C43H43ClFN3O5. The maximum atomic E-state index is 14.1. The summed E-state index contributed by atoms with van der Waals surface area (Å²) in [5.41, 5.74) is 4.12. The van der Waals surface area contributed by atoms with Gasteiger partial charge >= 0.3 is 6.09 Å². The van der Waals surface area contributed by atoms with Crippen LogP contribution in [-0.2, 0) is 33.8 Å². The SMILES string of the molecule is CC(C)(C)OC(=O)NCCc1cccc(Oc2cc(Cl)ccc2N(Cc2ccc(-c3ccccc3)cc2)C(=O)CCC(=O)NCc2ccccc2F)c1. The smallest absolute Gasteiger partial charge is 0.407 e. The summed E-state index contributed by atoms with van der Waals surface area (Å²) in [4.78, 5) is 40.5. The molecule has 5 aromatic rings. The number of halogens is 2. The Bertz CT molecular complexity index is 2020. The fourth-order valence-electron chi connectivity index (χ4n) is 5.51. The third-order valence-corrected chi connectivity index (χ3v) is 8.36. The molecule has 274 valence electrons. The average Bonchev–Trinajstić information content (AvgIpc) is 3.13. The molecule has 53 heavy (non-hydrogen) atoms. The topological polar surface area (TPSA) is 97.0 Å². The van der Waals surface area contributed by atoms with E-state index in [0.29, 0.717) is 40.7 Å². The Balaban J connectivity index is 1.34. The second-order valence-corrected chi connectivity index (χ2v) is 13.9. The number of nitrogens with zero attached hydrogens (tertiary/aromatic N) is 1. The third kappa shape index (κ3) is 11.9. The standard InChI is InChI=1S/C43H43ClFN3O5/c1-43(2,3)53-42(51)46-25-24-30-10-9-14-36(26-30)52-39-27-35(44)20-21-38(39)48(29-31-16-18-33(19-17-31)32-11-5-4-6-12-32)41(50)23-22-40(49)47-28-34-13-7-8-15-37(34)45/h4-21,26-27H,22-25,28-29H2,1-3H3,(H,46,51)(H,47,49). The van der Waals surface area contributed by atoms with Gasteiger partial charge < -0.3 is 25.0 Å². The van der Waals surface area contributed by atoms with E-state index in [2.05, 4.69) is 10.6 Å². The average molecular weight is 736 g/mol. The zero-order valence-corrected chi connectivity index (χ0v) is 30.8. The highest BCUT2D eigenvalue weighted by Gasteiger charge is 2.22. The van der Waals surface area contributed by atoms with Gasteiger partial charge in [-0.15, -0.1) is 0 Å². The van der Waals surface area contributed by atoms with Crippen molar-refractivity contribution in [1.29, 1.82) is 0 Å². The van der Waals surface area contributed by atoms with Gasteiger partial charge in [0.1, 0.15) is 17.2 Å². The number of carbonyl (C=O) groups excluding carboxylic acids is 3. The molecule has 5 rings (SSSR count). The Kier molecular flexibility index (Phi) is 13.2. The number of alkyl carbamates (subject to hydrolysis) is 1. The number of benzene rings is 5. The highest BCUT2D eigenvalue weighted by molar-refractivity contribution is 6.30. The number of nitrogens with one attached hydrogen (secondary N) is 2. The lowest BCUT2D eigenvalue weighted by Gasteiger charge is -2.26. The second-order valence-electron chi connectivity index (χ2n) is 13.5. The lowest BCUT2D eigenvalue weighted by molar-refractivity contribution is -0.125. The van der Waals surface area contributed by atoms with Crippen LogP contribution in [0.25, 0.3) is 11.1 Å². The van der Waals surface area contributed by atoms with E-state index in [1.165, 1.54) is 6.07 Å². The van der Waals surface area contributed by atoms with Crippen LogP contribution in [0, 0.1) is 5.82 Å². The summed E-state index contributed by atoms with van der Waals surface area (Å²) in [7, 11) is 0. The van der Waals surface area contributed by atoms with Crippen molar-refractivity contribution in [3.8, 4) is 22.6 Å². The Labute approximate surface area is 314 Å². The molecule has 0 heterocycles. The van der Waals surface area contributed by atoms with E-state index in [0.717, 1.165) is 22.3 Å². The van der Waals surface area contributed by atoms with Gasteiger partial charge in [-0.05, 0) is 79.8 Å². The van der Waals surface area contributed by atoms with Crippen molar-refractivity contribution >= 4 is 35.2 Å². The normalized spacial score (nSPS) is 11.0. The maximum Gasteiger partial charge on any atom is 0.407 e. The molecule has 0 bridgehead atoms. The van der Waals surface area contributed by atoms with E-state index < -0.39 is 17.5 Å². The quantitative estimate of drug-likeness (QED) is 0.118. The van der Waals surface area contributed by atoms with Crippen molar-refractivity contribution in [2.75, 3.05) is 11.4 Å². The predicted molar refractivity (Wildman–Crippen MR) is 206 cm³/mol. The number of amides is 3. The minimum absolute atomic E-state index is 0.0163. The van der Waals surface area contributed by atoms with E-state index in [-0.39, 0.29) is 37.7 Å². The van der Waals surface area contributed by atoms with E-state index in [1.54, 1.807) is 68.1 Å². The van der Waals surface area contributed by atoms with Crippen LogP contribution in [-0.4, -0.2) is 30.1 Å². The van der Waals surface area contributed by atoms with Gasteiger partial charge in [0, 0.05) is 42.6 Å². The zero-order chi connectivity index (χ0) is 37.8. The van der Waals surface area contributed by atoms with Crippen LogP contribution < -0.4 is 20.3 Å². The van der Waals surface area contributed by atoms with Crippen molar-refractivity contribution in [1.82, 2.24) is 10.6 Å². The lowest BCUT2D eigenvalue weighted by Crippen LogP contribution is -2.33. The molecule has 0 aromatic heterocycles. The molecule has 5 aromatic carbocycles. The first-order valence-electron chi connectivity index (χ1n) is 17.4. The summed E-state index contributed by atoms with van der Waals surface area (Å²) >= 11 is 6.46. The van der Waals surface area contributed by atoms with Gasteiger partial charge in [-0.2, -0.15) is 0 Å². The number of carbonyl (C=O) groups is 3. The Morgan fingerprint density at radius 1 is 0.755 bits per heavy atom. The zero-order valence-electron chi connectivity index (χ0n) is 30.0. The highest BCUT2D eigenvalue weighted by Crippen LogP contribution is 2.37. The van der Waals surface area contributed by atoms with Gasteiger partial charge in [-0.1, -0.05) is 96.5 Å². The molecule has 2 N–H and O–H groups in total. The predicted octanol–water partition coefficient (Wildman–Crippen LogP) is 9.64. The van der Waals surface area contributed by atoms with Gasteiger partial charge in [0.25, 0.3) is 0 Å². The molecule has 0 fully saturated rings. The number of rotatable bonds is 14. The molecule has 0 saturated carbocycles. The van der Waals surface area contributed by atoms with Crippen LogP contribution in [0.15, 0.2) is 121 Å². The molecule has 0 aliphatic heterocycles. The summed E-state index contributed by atoms with van der Waals surface area (Å²) in [6.45, 7) is 5.99. The molecule has 0 aliphatic carbocycles. The molecule has 0 unspecified atom stereocenters. The summed E-state index contributed by atoms with van der Waals surface area (Å²) in [5, 5.41) is 5.89. The first-order valence-corrected chi connectivity index (χ1v) is 17.8. The lowest BCUT2D eigenvalue weighted by atomic mass is 10.0. The second kappa shape index (κ2) is 18.2. The molecule has 0 atom stereocenters. The van der Waals surface area contributed by atoms with Crippen molar-refractivity contribution in [3.63, 3.8) is 0 Å². The molecule has 3 amide bonds. The van der Waals surface area contributed by atoms with Crippen LogP contribution in [0.5, 0.6) is 11.5 Å². The van der Waals surface area contributed by atoms with Crippen molar-refractivity contribution in [2.45, 2.75) is 58.7 Å². The summed E-state index contributed by atoms with van der Waals surface area (Å²) in [5.74, 6) is -0.242. The van der Waals surface area contributed by atoms with E-state index in [1.807, 2.05) is 72.8 Å². The summed E-state index contributed by atoms with van der Waals surface area (Å²) in [6, 6.07) is 36.6. The van der Waals surface area contributed by atoms with Crippen LogP contribution in [0.1, 0.15) is 50.3 Å². The van der Waals surface area contributed by atoms with Crippen LogP contribution in [0.2, 0.25) is 5.02 Å². The Hall–Kier alpha value is -5.67. The number of hydrogen-bond acceptors (Lipinski definition) is 5. The van der Waals surface area contributed by atoms with Crippen LogP contribution in [0.3, 0.4) is 0 Å². The third-order valence-electron chi connectivity index (χ3n) is 8.12. The van der Waals surface area contributed by atoms with Crippen molar-refractivity contribution in [3.05, 3.63) is 149 Å². The molecule has 8 nitrogen and oxygen atoms in total. The van der Waals surface area contributed by atoms with Crippen molar-refractivity contribution < 1.29 is 28.2 Å². The van der Waals surface area contributed by atoms with E-state index >= 15 is 0 Å². The molecule has 0 saturated heterocycles. The summed E-state index contributed by atoms with van der Waals surface area (Å²) < 4.78 is 25.8. The monoisotopic (exact) mass is 735 g/mol. The minimum Gasteiger partial charge on any atom is -0.455 e. The van der Waals surface area contributed by atoms with Gasteiger partial charge in [-0.25, -0.2) is 9.18 Å². The number of hydrogen-bond donors (Lipinski definition) is 2.